The number of hydrogen-bond acceptors (Lipinski definition) is 5. The average molecular weight is 387 g/mol. The van der Waals surface area contributed by atoms with Crippen molar-refractivity contribution in [3.63, 3.8) is 0 Å². The molecule has 7 nitrogen and oxygen atoms in total. The Hall–Kier alpha value is -2.42. The molecule has 0 aromatic heterocycles. The highest BCUT2D eigenvalue weighted by Gasteiger charge is 2.39. The van der Waals surface area contributed by atoms with Crippen LogP contribution in [0, 0.1) is 0 Å². The number of rotatable bonds is 5. The highest BCUT2D eigenvalue weighted by Crippen LogP contribution is 2.28. The summed E-state index contributed by atoms with van der Waals surface area (Å²) >= 11 is 0. The van der Waals surface area contributed by atoms with Crippen molar-refractivity contribution in [2.75, 3.05) is 0 Å². The molecule has 2 fully saturated rings. The van der Waals surface area contributed by atoms with E-state index < -0.39 is 10.0 Å². The number of carbonyl (C=O) groups excluding carboxylic acids is 1. The minimum absolute atomic E-state index is 0.0181. The van der Waals surface area contributed by atoms with Gasteiger partial charge in [0.2, 0.25) is 10.0 Å². The lowest BCUT2D eigenvalue weighted by Gasteiger charge is -2.21. The van der Waals surface area contributed by atoms with Crippen LogP contribution < -0.4 is 20.5 Å². The normalized spacial score (nSPS) is 24.0. The summed E-state index contributed by atoms with van der Waals surface area (Å²) in [6.45, 7) is 0. The number of ether oxygens (including phenoxy) is 1. The molecule has 0 unspecified atom stereocenters. The van der Waals surface area contributed by atoms with Crippen molar-refractivity contribution >= 4 is 15.9 Å². The van der Waals surface area contributed by atoms with Crippen LogP contribution >= 0.6 is 0 Å². The first-order chi connectivity index (χ1) is 12.9. The number of carbonyl (C=O) groups is 1. The Kier molecular flexibility index (Phi) is 4.63. The summed E-state index contributed by atoms with van der Waals surface area (Å²) < 4.78 is 28.5. The third-order valence-corrected chi connectivity index (χ3v) is 6.01. The van der Waals surface area contributed by atoms with Gasteiger partial charge in [-0.05, 0) is 55.7 Å². The van der Waals surface area contributed by atoms with Crippen LogP contribution in [0.15, 0.2) is 53.4 Å². The van der Waals surface area contributed by atoms with E-state index in [0.29, 0.717) is 29.1 Å². The molecule has 2 aliphatic heterocycles. The minimum atomic E-state index is -3.79. The van der Waals surface area contributed by atoms with Gasteiger partial charge in [0.05, 0.1) is 4.90 Å². The van der Waals surface area contributed by atoms with Gasteiger partial charge in [0.25, 0.3) is 5.91 Å². The first kappa shape index (κ1) is 18.0. The summed E-state index contributed by atoms with van der Waals surface area (Å²) in [4.78, 5) is 12.4. The van der Waals surface area contributed by atoms with Gasteiger partial charge in [-0.15, -0.1) is 0 Å². The van der Waals surface area contributed by atoms with Crippen molar-refractivity contribution < 1.29 is 17.9 Å². The Balaban J connectivity index is 1.41. The molecule has 2 saturated heterocycles. The highest BCUT2D eigenvalue weighted by atomic mass is 32.2. The van der Waals surface area contributed by atoms with E-state index in [1.54, 1.807) is 36.4 Å². The number of hydrogen-bond donors (Lipinski definition) is 3. The molecular formula is C19H21N3O4S. The smallest absolute Gasteiger partial charge is 0.251 e. The molecule has 8 heteroatoms. The van der Waals surface area contributed by atoms with Crippen molar-refractivity contribution in [2.24, 2.45) is 5.14 Å². The van der Waals surface area contributed by atoms with Gasteiger partial charge in [-0.2, -0.15) is 0 Å². The standard InChI is InChI=1S/C19H21N3O4S/c20-27(24,25)16-3-1-2-15(11-16)26-14-7-4-12(5-8-14)19(23)22-18-10-13-6-9-17(18)21-13/h1-5,7-8,11,13,17-18,21H,6,9-10H2,(H,22,23)(H2,20,24,25)/t13-,17+,18-/m1/s1. The SMILES string of the molecule is NS(=O)(=O)c1cccc(Oc2ccc(C(=O)N[C@@H]3C[C@H]4CC[C@@H]3N4)cc2)c1. The fraction of sp³-hybridized carbons (Fsp3) is 0.316. The highest BCUT2D eigenvalue weighted by molar-refractivity contribution is 7.89. The van der Waals surface area contributed by atoms with Crippen LogP contribution in [0.25, 0.3) is 0 Å². The Morgan fingerprint density at radius 3 is 2.52 bits per heavy atom. The average Bonchev–Trinajstić information content (AvgIpc) is 3.25. The molecule has 2 bridgehead atoms. The van der Waals surface area contributed by atoms with Crippen molar-refractivity contribution in [3.8, 4) is 11.5 Å². The first-order valence-electron chi connectivity index (χ1n) is 8.86. The molecular weight excluding hydrogens is 366 g/mol. The summed E-state index contributed by atoms with van der Waals surface area (Å²) in [7, 11) is -3.79. The van der Waals surface area contributed by atoms with Crippen LogP contribution in [0.2, 0.25) is 0 Å². The summed E-state index contributed by atoms with van der Waals surface area (Å²) in [5.74, 6) is 0.753. The lowest BCUT2D eigenvalue weighted by molar-refractivity contribution is 0.0931. The lowest BCUT2D eigenvalue weighted by atomic mass is 9.95. The van der Waals surface area contributed by atoms with E-state index in [9.17, 15) is 13.2 Å². The maximum absolute atomic E-state index is 12.4. The van der Waals surface area contributed by atoms with Gasteiger partial charge < -0.3 is 15.4 Å². The van der Waals surface area contributed by atoms with E-state index in [-0.39, 0.29) is 16.8 Å². The third kappa shape index (κ3) is 3.97. The molecule has 4 rings (SSSR count). The van der Waals surface area contributed by atoms with Crippen LogP contribution in [0.5, 0.6) is 11.5 Å². The Labute approximate surface area is 158 Å². The van der Waals surface area contributed by atoms with E-state index in [1.165, 1.54) is 18.6 Å². The predicted molar refractivity (Wildman–Crippen MR) is 100 cm³/mol. The number of benzene rings is 2. The minimum Gasteiger partial charge on any atom is -0.457 e. The quantitative estimate of drug-likeness (QED) is 0.724. The van der Waals surface area contributed by atoms with Gasteiger partial charge in [-0.25, -0.2) is 13.6 Å². The molecule has 0 aliphatic carbocycles. The predicted octanol–water partition coefficient (Wildman–Crippen LogP) is 1.75. The van der Waals surface area contributed by atoms with Gasteiger partial charge in [0, 0.05) is 29.8 Å². The third-order valence-electron chi connectivity index (χ3n) is 5.10. The van der Waals surface area contributed by atoms with Crippen molar-refractivity contribution in [2.45, 2.75) is 42.3 Å². The molecule has 0 spiro atoms. The topological polar surface area (TPSA) is 111 Å². The second kappa shape index (κ2) is 6.95. The molecule has 4 N–H and O–H groups in total. The van der Waals surface area contributed by atoms with Crippen molar-refractivity contribution in [1.29, 1.82) is 0 Å². The summed E-state index contributed by atoms with van der Waals surface area (Å²) in [6, 6.07) is 13.8. The zero-order valence-electron chi connectivity index (χ0n) is 14.6. The summed E-state index contributed by atoms with van der Waals surface area (Å²) in [5.41, 5.74) is 0.559. The zero-order valence-corrected chi connectivity index (χ0v) is 15.4. The first-order valence-corrected chi connectivity index (χ1v) is 10.4. The fourth-order valence-corrected chi connectivity index (χ4v) is 4.31. The Morgan fingerprint density at radius 2 is 1.89 bits per heavy atom. The number of sulfonamides is 1. The number of amides is 1. The van der Waals surface area contributed by atoms with Gasteiger partial charge in [-0.3, -0.25) is 4.79 Å². The second-order valence-corrected chi connectivity index (χ2v) is 8.57. The largest absolute Gasteiger partial charge is 0.457 e. The van der Waals surface area contributed by atoms with Crippen LogP contribution in [-0.4, -0.2) is 32.5 Å². The molecule has 2 aromatic rings. The Morgan fingerprint density at radius 1 is 1.11 bits per heavy atom. The summed E-state index contributed by atoms with van der Waals surface area (Å²) in [6.07, 6.45) is 3.29. The number of nitrogens with two attached hydrogens (primary N) is 1. The monoisotopic (exact) mass is 387 g/mol. The van der Waals surface area contributed by atoms with E-state index in [1.807, 2.05) is 0 Å². The molecule has 0 radical (unpaired) electrons. The van der Waals surface area contributed by atoms with E-state index >= 15 is 0 Å². The van der Waals surface area contributed by atoms with Gasteiger partial charge in [-0.1, -0.05) is 6.07 Å². The molecule has 2 heterocycles. The molecule has 2 aromatic carbocycles. The van der Waals surface area contributed by atoms with Crippen LogP contribution in [0.3, 0.4) is 0 Å². The Bertz CT molecular complexity index is 959. The van der Waals surface area contributed by atoms with E-state index in [4.69, 9.17) is 9.88 Å². The van der Waals surface area contributed by atoms with Gasteiger partial charge >= 0.3 is 0 Å². The van der Waals surface area contributed by atoms with Crippen LogP contribution in [0.1, 0.15) is 29.6 Å². The molecule has 2 aliphatic rings. The maximum Gasteiger partial charge on any atom is 0.251 e. The van der Waals surface area contributed by atoms with Crippen LogP contribution in [0.4, 0.5) is 0 Å². The molecule has 1 amide bonds. The second-order valence-electron chi connectivity index (χ2n) is 7.01. The zero-order chi connectivity index (χ0) is 19.0. The fourth-order valence-electron chi connectivity index (χ4n) is 3.76. The van der Waals surface area contributed by atoms with Gasteiger partial charge in [0.15, 0.2) is 0 Å². The molecule has 142 valence electrons. The number of fused-ring (bicyclic) bond motifs is 2. The van der Waals surface area contributed by atoms with E-state index in [2.05, 4.69) is 10.6 Å². The van der Waals surface area contributed by atoms with Crippen molar-refractivity contribution in [3.05, 3.63) is 54.1 Å². The number of primary sulfonamides is 1. The lowest BCUT2D eigenvalue weighted by Crippen LogP contribution is -2.42. The summed E-state index contributed by atoms with van der Waals surface area (Å²) in [5, 5.41) is 11.7. The maximum atomic E-state index is 12.4. The number of nitrogens with one attached hydrogen (secondary N) is 2. The van der Waals surface area contributed by atoms with Crippen LogP contribution in [-0.2, 0) is 10.0 Å². The van der Waals surface area contributed by atoms with Crippen molar-refractivity contribution in [1.82, 2.24) is 10.6 Å². The van der Waals surface area contributed by atoms with E-state index in [0.717, 1.165) is 12.8 Å². The molecule has 3 atom stereocenters. The molecule has 27 heavy (non-hydrogen) atoms. The molecule has 0 saturated carbocycles. The van der Waals surface area contributed by atoms with Gasteiger partial charge in [0.1, 0.15) is 11.5 Å².